The fourth-order valence-corrected chi connectivity index (χ4v) is 3.89. The number of H-pyrrole nitrogens is 1. The number of aromatic nitrogens is 3. The first-order valence-electron chi connectivity index (χ1n) is 10.7. The summed E-state index contributed by atoms with van der Waals surface area (Å²) < 4.78 is 0. The van der Waals surface area contributed by atoms with Crippen molar-refractivity contribution >= 4 is 33.4 Å². The van der Waals surface area contributed by atoms with Crippen molar-refractivity contribution in [3.63, 3.8) is 0 Å². The molecule has 170 valence electrons. The fraction of sp³-hybridized carbons (Fsp3) is 0.0370. The molecular formula is C27H19N5O3. The molecule has 0 spiro atoms. The van der Waals surface area contributed by atoms with E-state index in [9.17, 15) is 14.7 Å². The van der Waals surface area contributed by atoms with Crippen molar-refractivity contribution in [1.82, 2.24) is 15.0 Å². The van der Waals surface area contributed by atoms with Crippen LogP contribution in [0.4, 0.5) is 5.82 Å². The molecule has 0 unspecified atom stereocenters. The second-order valence-electron chi connectivity index (χ2n) is 7.81. The molecule has 2 aromatic carbocycles. The van der Waals surface area contributed by atoms with E-state index in [1.807, 2.05) is 36.4 Å². The molecule has 5 N–H and O–H groups in total. The Balaban J connectivity index is 1.76. The highest BCUT2D eigenvalue weighted by atomic mass is 16.3. The lowest BCUT2D eigenvalue weighted by atomic mass is 9.98. The van der Waals surface area contributed by atoms with Gasteiger partial charge in [0.05, 0.1) is 28.7 Å². The molecule has 0 radical (unpaired) electrons. The summed E-state index contributed by atoms with van der Waals surface area (Å²) >= 11 is 0. The Kier molecular flexibility index (Phi) is 5.57. The van der Waals surface area contributed by atoms with Crippen LogP contribution in [-0.2, 0) is 11.3 Å². The maximum absolute atomic E-state index is 13.0. The first-order valence-corrected chi connectivity index (χ1v) is 10.7. The van der Waals surface area contributed by atoms with Gasteiger partial charge in [-0.3, -0.25) is 14.6 Å². The number of aromatic amines is 1. The normalized spacial score (nSPS) is 10.6. The molecule has 5 rings (SSSR count). The molecule has 0 saturated carbocycles. The van der Waals surface area contributed by atoms with Gasteiger partial charge in [-0.05, 0) is 41.5 Å². The van der Waals surface area contributed by atoms with Gasteiger partial charge in [0, 0.05) is 29.1 Å². The SMILES string of the molecule is NC(=O)C#Cc1c[nH]c(=O)c2c1nc(NCc1ccccn1)c1ccc(-c3ccc(O)cc3)cc12. The minimum atomic E-state index is -0.784. The topological polar surface area (TPSA) is 134 Å². The van der Waals surface area contributed by atoms with E-state index in [1.165, 1.54) is 6.20 Å². The van der Waals surface area contributed by atoms with Gasteiger partial charge in [-0.1, -0.05) is 36.3 Å². The Labute approximate surface area is 199 Å². The van der Waals surface area contributed by atoms with Crippen molar-refractivity contribution in [2.45, 2.75) is 6.54 Å². The van der Waals surface area contributed by atoms with Crippen LogP contribution in [0.25, 0.3) is 32.8 Å². The molecule has 35 heavy (non-hydrogen) atoms. The number of phenolic OH excluding ortho intramolecular Hbond substituents is 1. The maximum atomic E-state index is 13.0. The van der Waals surface area contributed by atoms with Gasteiger partial charge in [-0.25, -0.2) is 4.98 Å². The third kappa shape index (κ3) is 4.38. The van der Waals surface area contributed by atoms with Crippen molar-refractivity contribution in [3.8, 4) is 28.7 Å². The number of phenols is 1. The number of hydrogen-bond acceptors (Lipinski definition) is 6. The number of carbonyl (C=O) groups excluding carboxylic acids is 1. The molecule has 3 heterocycles. The first-order chi connectivity index (χ1) is 17.0. The molecule has 0 aliphatic heterocycles. The summed E-state index contributed by atoms with van der Waals surface area (Å²) in [5, 5.41) is 14.7. The van der Waals surface area contributed by atoms with Gasteiger partial charge in [0.2, 0.25) is 0 Å². The Bertz CT molecular complexity index is 1700. The molecule has 5 aromatic rings. The van der Waals surface area contributed by atoms with Crippen LogP contribution in [0.3, 0.4) is 0 Å². The molecule has 0 atom stereocenters. The number of nitrogens with two attached hydrogens (primary N) is 1. The van der Waals surface area contributed by atoms with Crippen molar-refractivity contribution in [2.24, 2.45) is 5.73 Å². The molecule has 8 nitrogen and oxygen atoms in total. The zero-order valence-electron chi connectivity index (χ0n) is 18.4. The summed E-state index contributed by atoms with van der Waals surface area (Å²) in [5.74, 6) is 4.95. The van der Waals surface area contributed by atoms with Gasteiger partial charge < -0.3 is 21.1 Å². The molecule has 0 saturated heterocycles. The molecule has 0 fully saturated rings. The predicted octanol–water partition coefficient (Wildman–Crippen LogP) is 3.29. The van der Waals surface area contributed by atoms with E-state index in [2.05, 4.69) is 27.1 Å². The van der Waals surface area contributed by atoms with E-state index >= 15 is 0 Å². The lowest BCUT2D eigenvalue weighted by molar-refractivity contribution is -0.112. The van der Waals surface area contributed by atoms with Crippen LogP contribution in [-0.4, -0.2) is 26.0 Å². The highest BCUT2D eigenvalue weighted by Gasteiger charge is 2.15. The van der Waals surface area contributed by atoms with E-state index in [1.54, 1.807) is 30.5 Å². The number of nitrogens with zero attached hydrogens (tertiary/aromatic N) is 2. The Morgan fingerprint density at radius 3 is 2.60 bits per heavy atom. The van der Waals surface area contributed by atoms with Crippen LogP contribution >= 0.6 is 0 Å². The van der Waals surface area contributed by atoms with Gasteiger partial charge in [0.25, 0.3) is 11.5 Å². The Hall–Kier alpha value is -5.16. The molecule has 8 heteroatoms. The summed E-state index contributed by atoms with van der Waals surface area (Å²) in [6.45, 7) is 0.416. The third-order valence-electron chi connectivity index (χ3n) is 5.52. The number of fused-ring (bicyclic) bond motifs is 3. The van der Waals surface area contributed by atoms with E-state index in [0.717, 1.165) is 22.2 Å². The molecule has 0 aliphatic rings. The van der Waals surface area contributed by atoms with Crippen molar-refractivity contribution < 1.29 is 9.90 Å². The summed E-state index contributed by atoms with van der Waals surface area (Å²) in [5.41, 5.74) is 8.14. The minimum absolute atomic E-state index is 0.166. The summed E-state index contributed by atoms with van der Waals surface area (Å²) in [6.07, 6.45) is 3.13. The van der Waals surface area contributed by atoms with Gasteiger partial charge >= 0.3 is 0 Å². The van der Waals surface area contributed by atoms with Crippen molar-refractivity contribution in [3.05, 3.63) is 94.7 Å². The number of nitrogens with one attached hydrogen (secondary N) is 2. The zero-order valence-corrected chi connectivity index (χ0v) is 18.4. The average Bonchev–Trinajstić information content (AvgIpc) is 2.87. The van der Waals surface area contributed by atoms with Crippen LogP contribution < -0.4 is 16.6 Å². The molecule has 1 amide bonds. The smallest absolute Gasteiger partial charge is 0.293 e. The monoisotopic (exact) mass is 461 g/mol. The van der Waals surface area contributed by atoms with E-state index in [4.69, 9.17) is 10.7 Å². The standard InChI is InChI=1S/C27H19N5O3/c28-23(34)11-7-18-14-31-27(35)24-22-13-17(16-4-8-20(33)9-5-16)6-10-21(22)26(32-25(18)24)30-15-19-3-1-2-12-29-19/h1-6,8-10,12-14,33H,15H2,(H2,28,34)(H,30,32)(H,31,35). The van der Waals surface area contributed by atoms with Crippen molar-refractivity contribution in [1.29, 1.82) is 0 Å². The third-order valence-corrected chi connectivity index (χ3v) is 5.52. The average molecular weight is 461 g/mol. The molecule has 3 aromatic heterocycles. The van der Waals surface area contributed by atoms with Gasteiger partial charge in [0.1, 0.15) is 11.6 Å². The molecule has 0 bridgehead atoms. The Morgan fingerprint density at radius 2 is 1.86 bits per heavy atom. The lowest BCUT2D eigenvalue weighted by Gasteiger charge is -2.13. The van der Waals surface area contributed by atoms with Crippen LogP contribution in [0.2, 0.25) is 0 Å². The molecule has 0 aliphatic carbocycles. The number of carbonyl (C=O) groups is 1. The number of hydrogen-bond donors (Lipinski definition) is 4. The van der Waals surface area contributed by atoms with Crippen molar-refractivity contribution in [2.75, 3.05) is 5.32 Å². The van der Waals surface area contributed by atoms with E-state index in [0.29, 0.717) is 34.2 Å². The van der Waals surface area contributed by atoms with Gasteiger partial charge in [-0.15, -0.1) is 0 Å². The van der Waals surface area contributed by atoms with Gasteiger partial charge in [0.15, 0.2) is 0 Å². The fourth-order valence-electron chi connectivity index (χ4n) is 3.89. The van der Waals surface area contributed by atoms with Crippen LogP contribution in [0.1, 0.15) is 11.3 Å². The number of aromatic hydroxyl groups is 1. The highest BCUT2D eigenvalue weighted by molar-refractivity contribution is 6.12. The summed E-state index contributed by atoms with van der Waals surface area (Å²) in [4.78, 5) is 36.0. The summed E-state index contributed by atoms with van der Waals surface area (Å²) in [7, 11) is 0. The minimum Gasteiger partial charge on any atom is -0.508 e. The number of rotatable bonds is 4. The maximum Gasteiger partial charge on any atom is 0.293 e. The first kappa shape index (κ1) is 21.7. The van der Waals surface area contributed by atoms with Crippen LogP contribution in [0, 0.1) is 11.8 Å². The number of amides is 1. The Morgan fingerprint density at radius 1 is 1.06 bits per heavy atom. The van der Waals surface area contributed by atoms with Crippen LogP contribution in [0.5, 0.6) is 5.75 Å². The number of primary amides is 1. The number of pyridine rings is 3. The van der Waals surface area contributed by atoms with Crippen LogP contribution in [0.15, 0.2) is 77.9 Å². The van der Waals surface area contributed by atoms with E-state index in [-0.39, 0.29) is 11.3 Å². The second kappa shape index (κ2) is 9.00. The number of benzene rings is 2. The highest BCUT2D eigenvalue weighted by Crippen LogP contribution is 2.33. The largest absolute Gasteiger partial charge is 0.508 e. The summed E-state index contributed by atoms with van der Waals surface area (Å²) in [6, 6.07) is 18.2. The lowest BCUT2D eigenvalue weighted by Crippen LogP contribution is -2.11. The van der Waals surface area contributed by atoms with E-state index < -0.39 is 5.91 Å². The quantitative estimate of drug-likeness (QED) is 0.240. The number of anilines is 1. The van der Waals surface area contributed by atoms with Gasteiger partial charge in [-0.2, -0.15) is 0 Å². The second-order valence-corrected chi connectivity index (χ2v) is 7.81. The predicted molar refractivity (Wildman–Crippen MR) is 135 cm³/mol. The molecular weight excluding hydrogens is 442 g/mol. The zero-order chi connectivity index (χ0) is 24.4.